The van der Waals surface area contributed by atoms with Crippen molar-refractivity contribution >= 4 is 0 Å². The molecule has 0 amide bonds. The second-order valence-electron chi connectivity index (χ2n) is 5.66. The molecule has 3 rings (SSSR count). The molecule has 1 aromatic carbocycles. The van der Waals surface area contributed by atoms with E-state index in [0.29, 0.717) is 6.04 Å². The molecule has 2 aromatic rings. The Kier molecular flexibility index (Phi) is 4.98. The number of nitrogens with one attached hydrogen (secondary N) is 1. The Bertz CT molecular complexity index is 521. The Hall–Kier alpha value is -1.71. The van der Waals surface area contributed by atoms with Crippen molar-refractivity contribution in [3.63, 3.8) is 0 Å². The monoisotopic (exact) mass is 281 g/mol. The van der Waals surface area contributed by atoms with E-state index in [1.165, 1.54) is 37.1 Å². The zero-order chi connectivity index (χ0) is 14.3. The van der Waals surface area contributed by atoms with Gasteiger partial charge < -0.3 is 5.32 Å². The number of hydrogen-bond donors (Lipinski definition) is 1. The number of nitrogens with zero attached hydrogens (tertiary/aromatic N) is 2. The molecule has 1 N–H and O–H groups in total. The van der Waals surface area contributed by atoms with Crippen LogP contribution < -0.4 is 5.32 Å². The molecule has 1 fully saturated rings. The van der Waals surface area contributed by atoms with E-state index < -0.39 is 0 Å². The summed E-state index contributed by atoms with van der Waals surface area (Å²) < 4.78 is 0. The summed E-state index contributed by atoms with van der Waals surface area (Å²) in [7, 11) is 0. The van der Waals surface area contributed by atoms with Gasteiger partial charge in [-0.05, 0) is 49.2 Å². The van der Waals surface area contributed by atoms with Crippen LogP contribution in [-0.4, -0.2) is 29.5 Å². The second kappa shape index (κ2) is 7.34. The van der Waals surface area contributed by atoms with Crippen molar-refractivity contribution in [3.05, 3.63) is 66.0 Å². The van der Waals surface area contributed by atoms with Gasteiger partial charge in [0.15, 0.2) is 0 Å². The Labute approximate surface area is 127 Å². The van der Waals surface area contributed by atoms with Crippen LogP contribution in [0.25, 0.3) is 0 Å². The molecule has 3 nitrogen and oxygen atoms in total. The molecule has 1 aromatic heterocycles. The molecule has 1 aliphatic heterocycles. The van der Waals surface area contributed by atoms with E-state index >= 15 is 0 Å². The molecule has 0 radical (unpaired) electrons. The Morgan fingerprint density at radius 3 is 2.43 bits per heavy atom. The highest BCUT2D eigenvalue weighted by Gasteiger charge is 2.22. The lowest BCUT2D eigenvalue weighted by atomic mass is 10.1. The van der Waals surface area contributed by atoms with E-state index in [9.17, 15) is 0 Å². The topological polar surface area (TPSA) is 28.2 Å². The molecule has 0 saturated carbocycles. The number of aromatic nitrogens is 1. The van der Waals surface area contributed by atoms with Crippen molar-refractivity contribution in [2.75, 3.05) is 19.6 Å². The summed E-state index contributed by atoms with van der Waals surface area (Å²) >= 11 is 0. The zero-order valence-electron chi connectivity index (χ0n) is 12.4. The molecule has 3 heteroatoms. The van der Waals surface area contributed by atoms with E-state index in [1.807, 2.05) is 12.4 Å². The molecule has 0 bridgehead atoms. The standard InChI is InChI=1S/C18H23N3/c1-2-6-17(7-3-1)18(21-12-4-5-13-21)15-20-14-16-8-10-19-11-9-16/h1-3,6-11,18,20H,4-5,12-15H2/t18-/m0/s1. The van der Waals surface area contributed by atoms with E-state index in [-0.39, 0.29) is 0 Å². The molecule has 0 unspecified atom stereocenters. The summed E-state index contributed by atoms with van der Waals surface area (Å²) in [5.41, 5.74) is 2.71. The van der Waals surface area contributed by atoms with Gasteiger partial charge in [0.2, 0.25) is 0 Å². The van der Waals surface area contributed by atoms with E-state index in [1.54, 1.807) is 0 Å². The van der Waals surface area contributed by atoms with Crippen molar-refractivity contribution < 1.29 is 0 Å². The Balaban J connectivity index is 1.62. The highest BCUT2D eigenvalue weighted by Crippen LogP contribution is 2.24. The summed E-state index contributed by atoms with van der Waals surface area (Å²) in [5.74, 6) is 0. The van der Waals surface area contributed by atoms with Crippen LogP contribution in [0.15, 0.2) is 54.9 Å². The van der Waals surface area contributed by atoms with Gasteiger partial charge in [-0.25, -0.2) is 0 Å². The molecule has 2 heterocycles. The van der Waals surface area contributed by atoms with E-state index in [4.69, 9.17) is 0 Å². The third-order valence-electron chi connectivity index (χ3n) is 4.18. The molecule has 21 heavy (non-hydrogen) atoms. The molecule has 1 aliphatic rings. The molecular formula is C18H23N3. The SMILES string of the molecule is c1ccc([C@H](CNCc2ccncc2)N2CCCC2)cc1. The van der Waals surface area contributed by atoms with Crippen molar-refractivity contribution in [1.29, 1.82) is 0 Å². The minimum atomic E-state index is 0.482. The summed E-state index contributed by atoms with van der Waals surface area (Å²) in [4.78, 5) is 6.67. The lowest BCUT2D eigenvalue weighted by molar-refractivity contribution is 0.238. The first-order chi connectivity index (χ1) is 10.4. The fraction of sp³-hybridized carbons (Fsp3) is 0.389. The quantitative estimate of drug-likeness (QED) is 0.882. The normalized spacial score (nSPS) is 17.0. The maximum absolute atomic E-state index is 4.06. The minimum Gasteiger partial charge on any atom is -0.311 e. The van der Waals surface area contributed by atoms with Crippen LogP contribution in [0, 0.1) is 0 Å². The van der Waals surface area contributed by atoms with E-state index in [0.717, 1.165) is 13.1 Å². The zero-order valence-corrected chi connectivity index (χ0v) is 12.4. The minimum absolute atomic E-state index is 0.482. The first-order valence-corrected chi connectivity index (χ1v) is 7.82. The highest BCUT2D eigenvalue weighted by atomic mass is 15.2. The highest BCUT2D eigenvalue weighted by molar-refractivity contribution is 5.20. The van der Waals surface area contributed by atoms with Crippen molar-refractivity contribution in [1.82, 2.24) is 15.2 Å². The third-order valence-corrected chi connectivity index (χ3v) is 4.18. The average Bonchev–Trinajstić information content (AvgIpc) is 3.07. The maximum Gasteiger partial charge on any atom is 0.0472 e. The smallest absolute Gasteiger partial charge is 0.0472 e. The van der Waals surface area contributed by atoms with Crippen LogP contribution in [0.4, 0.5) is 0 Å². The predicted octanol–water partition coefficient (Wildman–Crippen LogP) is 3.01. The number of rotatable bonds is 6. The van der Waals surface area contributed by atoms with Crippen LogP contribution in [0.1, 0.15) is 30.0 Å². The number of likely N-dealkylation sites (tertiary alicyclic amines) is 1. The van der Waals surface area contributed by atoms with Gasteiger partial charge >= 0.3 is 0 Å². The van der Waals surface area contributed by atoms with Gasteiger partial charge in [0.25, 0.3) is 0 Å². The lowest BCUT2D eigenvalue weighted by Crippen LogP contribution is -2.34. The first-order valence-electron chi connectivity index (χ1n) is 7.82. The molecule has 1 saturated heterocycles. The predicted molar refractivity (Wildman–Crippen MR) is 85.9 cm³/mol. The van der Waals surface area contributed by atoms with Gasteiger partial charge in [-0.2, -0.15) is 0 Å². The van der Waals surface area contributed by atoms with Crippen LogP contribution >= 0.6 is 0 Å². The summed E-state index contributed by atoms with van der Waals surface area (Å²) in [5, 5.41) is 3.61. The molecule has 0 spiro atoms. The van der Waals surface area contributed by atoms with Gasteiger partial charge in [0.05, 0.1) is 0 Å². The summed E-state index contributed by atoms with van der Waals surface area (Å²) in [6, 6.07) is 15.5. The van der Waals surface area contributed by atoms with Crippen molar-refractivity contribution in [2.24, 2.45) is 0 Å². The number of pyridine rings is 1. The molecule has 110 valence electrons. The van der Waals surface area contributed by atoms with Crippen LogP contribution in [0.2, 0.25) is 0 Å². The molecule has 0 aliphatic carbocycles. The number of benzene rings is 1. The lowest BCUT2D eigenvalue weighted by Gasteiger charge is -2.28. The maximum atomic E-state index is 4.06. The Morgan fingerprint density at radius 1 is 1.00 bits per heavy atom. The van der Waals surface area contributed by atoms with Crippen LogP contribution in [-0.2, 0) is 6.54 Å². The van der Waals surface area contributed by atoms with Gasteiger partial charge in [0.1, 0.15) is 0 Å². The van der Waals surface area contributed by atoms with Gasteiger partial charge in [-0.3, -0.25) is 9.88 Å². The largest absolute Gasteiger partial charge is 0.311 e. The van der Waals surface area contributed by atoms with Gasteiger partial charge in [0, 0.05) is 31.5 Å². The second-order valence-corrected chi connectivity index (χ2v) is 5.66. The summed E-state index contributed by atoms with van der Waals surface area (Å²) in [6.45, 7) is 4.33. The fourth-order valence-electron chi connectivity index (χ4n) is 3.04. The van der Waals surface area contributed by atoms with Crippen molar-refractivity contribution in [2.45, 2.75) is 25.4 Å². The number of hydrogen-bond acceptors (Lipinski definition) is 3. The Morgan fingerprint density at radius 2 is 1.71 bits per heavy atom. The van der Waals surface area contributed by atoms with Gasteiger partial charge in [-0.1, -0.05) is 30.3 Å². The fourth-order valence-corrected chi connectivity index (χ4v) is 3.04. The van der Waals surface area contributed by atoms with Gasteiger partial charge in [-0.15, -0.1) is 0 Å². The van der Waals surface area contributed by atoms with Crippen molar-refractivity contribution in [3.8, 4) is 0 Å². The van der Waals surface area contributed by atoms with Crippen LogP contribution in [0.5, 0.6) is 0 Å². The molecule has 1 atom stereocenters. The van der Waals surface area contributed by atoms with Crippen LogP contribution in [0.3, 0.4) is 0 Å². The average molecular weight is 281 g/mol. The molecular weight excluding hydrogens is 258 g/mol. The summed E-state index contributed by atoms with van der Waals surface area (Å²) in [6.07, 6.45) is 6.36. The third kappa shape index (κ3) is 3.90. The first kappa shape index (κ1) is 14.2. The van der Waals surface area contributed by atoms with E-state index in [2.05, 4.69) is 57.7 Å².